The van der Waals surface area contributed by atoms with Gasteiger partial charge in [0.2, 0.25) is 11.8 Å². The van der Waals surface area contributed by atoms with Gasteiger partial charge in [0.05, 0.1) is 6.54 Å². The van der Waals surface area contributed by atoms with Crippen molar-refractivity contribution in [2.75, 3.05) is 18.9 Å². The Labute approximate surface area is 148 Å². The zero-order valence-electron chi connectivity index (χ0n) is 13.9. The molecule has 2 aromatic carbocycles. The number of nitrogens with zero attached hydrogens (tertiary/aromatic N) is 3. The second-order valence-corrected chi connectivity index (χ2v) is 5.73. The molecule has 0 saturated heterocycles. The van der Waals surface area contributed by atoms with E-state index in [9.17, 15) is 13.6 Å². The number of likely N-dealkylation sites (N-methyl/N-ethyl adjacent to an activating group) is 1. The molecule has 8 heteroatoms. The highest BCUT2D eigenvalue weighted by Crippen LogP contribution is 2.19. The minimum atomic E-state index is -0.651. The van der Waals surface area contributed by atoms with Gasteiger partial charge < -0.3 is 4.42 Å². The minimum Gasteiger partial charge on any atom is -0.403 e. The van der Waals surface area contributed by atoms with Gasteiger partial charge in [0.1, 0.15) is 11.6 Å². The first-order valence-corrected chi connectivity index (χ1v) is 7.82. The summed E-state index contributed by atoms with van der Waals surface area (Å²) in [5.41, 5.74) is 1.04. The van der Waals surface area contributed by atoms with E-state index >= 15 is 0 Å². The number of aromatic nitrogens is 2. The fraction of sp³-hybridized carbons (Fsp3) is 0.167. The van der Waals surface area contributed by atoms with Crippen LogP contribution in [-0.4, -0.2) is 34.6 Å². The molecule has 1 N–H and O–H groups in total. The molecular formula is C18H16F2N4O2. The van der Waals surface area contributed by atoms with E-state index in [1.54, 1.807) is 11.9 Å². The van der Waals surface area contributed by atoms with Gasteiger partial charge in [-0.2, -0.15) is 0 Å². The van der Waals surface area contributed by atoms with E-state index in [1.165, 1.54) is 12.1 Å². The summed E-state index contributed by atoms with van der Waals surface area (Å²) in [5.74, 6) is -1.39. The van der Waals surface area contributed by atoms with Gasteiger partial charge >= 0.3 is 6.01 Å². The number of hydrogen-bond acceptors (Lipinski definition) is 5. The summed E-state index contributed by atoms with van der Waals surface area (Å²) in [6.45, 7) is 0.124. The van der Waals surface area contributed by atoms with E-state index in [0.717, 1.165) is 11.6 Å². The lowest BCUT2D eigenvalue weighted by Gasteiger charge is -2.16. The number of rotatable bonds is 6. The Morgan fingerprint density at radius 1 is 1.15 bits per heavy atom. The van der Waals surface area contributed by atoms with Crippen LogP contribution in [0.5, 0.6) is 0 Å². The first kappa shape index (κ1) is 17.7. The predicted molar refractivity (Wildman–Crippen MR) is 91.1 cm³/mol. The van der Waals surface area contributed by atoms with Crippen LogP contribution in [0.3, 0.4) is 0 Å². The molecule has 6 nitrogen and oxygen atoms in total. The Hall–Kier alpha value is -3.13. The minimum absolute atomic E-state index is 0.0183. The van der Waals surface area contributed by atoms with Crippen molar-refractivity contribution in [3.8, 4) is 11.5 Å². The van der Waals surface area contributed by atoms with Gasteiger partial charge in [0.15, 0.2) is 0 Å². The molecule has 0 unspecified atom stereocenters. The van der Waals surface area contributed by atoms with Gasteiger partial charge in [-0.1, -0.05) is 29.4 Å². The molecule has 0 aliphatic carbocycles. The monoisotopic (exact) mass is 358 g/mol. The first-order chi connectivity index (χ1) is 12.5. The van der Waals surface area contributed by atoms with Crippen molar-refractivity contribution >= 4 is 11.9 Å². The standard InChI is InChI=1S/C18H16F2N4O2/c1-24(10-13-7-8-14(19)9-15(13)20)11-16(25)21-18-23-22-17(26-18)12-5-3-2-4-6-12/h2-9H,10-11H2,1H3,(H,21,23,25). The number of benzene rings is 2. The van der Waals surface area contributed by atoms with Gasteiger partial charge in [0.25, 0.3) is 0 Å². The van der Waals surface area contributed by atoms with Crippen LogP contribution in [0.15, 0.2) is 52.9 Å². The zero-order chi connectivity index (χ0) is 18.5. The third-order valence-electron chi connectivity index (χ3n) is 3.56. The van der Waals surface area contributed by atoms with Crippen LogP contribution in [-0.2, 0) is 11.3 Å². The third kappa shape index (κ3) is 4.48. The van der Waals surface area contributed by atoms with Crippen LogP contribution in [0.1, 0.15) is 5.56 Å². The topological polar surface area (TPSA) is 71.3 Å². The van der Waals surface area contributed by atoms with Crippen LogP contribution in [0.25, 0.3) is 11.5 Å². The van der Waals surface area contributed by atoms with Crippen molar-refractivity contribution in [1.29, 1.82) is 0 Å². The molecule has 0 bridgehead atoms. The van der Waals surface area contributed by atoms with Gasteiger partial charge in [-0.15, -0.1) is 5.10 Å². The largest absolute Gasteiger partial charge is 0.403 e. The fourth-order valence-electron chi connectivity index (χ4n) is 2.37. The molecule has 0 aliphatic rings. The van der Waals surface area contributed by atoms with Crippen molar-refractivity contribution in [3.63, 3.8) is 0 Å². The van der Waals surface area contributed by atoms with Gasteiger partial charge in [0, 0.05) is 23.7 Å². The second-order valence-electron chi connectivity index (χ2n) is 5.73. The highest BCUT2D eigenvalue weighted by atomic mass is 19.1. The van der Waals surface area contributed by atoms with Crippen LogP contribution >= 0.6 is 0 Å². The Bertz CT molecular complexity index is 899. The Morgan fingerprint density at radius 3 is 2.65 bits per heavy atom. The summed E-state index contributed by atoms with van der Waals surface area (Å²) in [6.07, 6.45) is 0. The van der Waals surface area contributed by atoms with Crippen LogP contribution in [0.2, 0.25) is 0 Å². The van der Waals surface area contributed by atoms with Crippen LogP contribution in [0.4, 0.5) is 14.8 Å². The van der Waals surface area contributed by atoms with Crippen molar-refractivity contribution < 1.29 is 18.0 Å². The normalized spacial score (nSPS) is 10.9. The summed E-state index contributed by atoms with van der Waals surface area (Å²) < 4.78 is 32.0. The van der Waals surface area contributed by atoms with Crippen molar-refractivity contribution in [3.05, 3.63) is 65.7 Å². The van der Waals surface area contributed by atoms with Crippen molar-refractivity contribution in [2.24, 2.45) is 0 Å². The fourth-order valence-corrected chi connectivity index (χ4v) is 2.37. The maximum absolute atomic E-state index is 13.7. The van der Waals surface area contributed by atoms with Crippen LogP contribution in [0, 0.1) is 11.6 Å². The first-order valence-electron chi connectivity index (χ1n) is 7.82. The van der Waals surface area contributed by atoms with Crippen molar-refractivity contribution in [2.45, 2.75) is 6.54 Å². The Kier molecular flexibility index (Phi) is 5.33. The maximum Gasteiger partial charge on any atom is 0.322 e. The lowest BCUT2D eigenvalue weighted by Crippen LogP contribution is -2.30. The van der Waals surface area contributed by atoms with Crippen LogP contribution < -0.4 is 5.32 Å². The molecular weight excluding hydrogens is 342 g/mol. The van der Waals surface area contributed by atoms with E-state index in [0.29, 0.717) is 11.5 Å². The lowest BCUT2D eigenvalue weighted by molar-refractivity contribution is -0.117. The van der Waals surface area contributed by atoms with E-state index in [-0.39, 0.29) is 19.1 Å². The zero-order valence-corrected chi connectivity index (χ0v) is 13.9. The number of nitrogens with one attached hydrogen (secondary N) is 1. The molecule has 0 atom stereocenters. The van der Waals surface area contributed by atoms with Gasteiger partial charge in [-0.3, -0.25) is 15.0 Å². The molecule has 1 aromatic heterocycles. The van der Waals surface area contributed by atoms with Gasteiger partial charge in [-0.05, 0) is 25.2 Å². The highest BCUT2D eigenvalue weighted by molar-refractivity contribution is 5.90. The number of carbonyl (C=O) groups excluding carboxylic acids is 1. The molecule has 3 rings (SSSR count). The average molecular weight is 358 g/mol. The lowest BCUT2D eigenvalue weighted by atomic mass is 10.2. The molecule has 134 valence electrons. The summed E-state index contributed by atoms with van der Waals surface area (Å²) in [6, 6.07) is 12.5. The number of anilines is 1. The number of amides is 1. The molecule has 26 heavy (non-hydrogen) atoms. The number of hydrogen-bond donors (Lipinski definition) is 1. The molecule has 1 amide bonds. The Morgan fingerprint density at radius 2 is 1.92 bits per heavy atom. The third-order valence-corrected chi connectivity index (χ3v) is 3.56. The quantitative estimate of drug-likeness (QED) is 0.733. The number of halogens is 2. The predicted octanol–water partition coefficient (Wildman–Crippen LogP) is 3.09. The van der Waals surface area contributed by atoms with E-state index in [2.05, 4.69) is 15.5 Å². The summed E-state index contributed by atoms with van der Waals surface area (Å²) >= 11 is 0. The molecule has 0 saturated carbocycles. The molecule has 0 aliphatic heterocycles. The smallest absolute Gasteiger partial charge is 0.322 e. The van der Waals surface area contributed by atoms with Crippen molar-refractivity contribution in [1.82, 2.24) is 15.1 Å². The SMILES string of the molecule is CN(CC(=O)Nc1nnc(-c2ccccc2)o1)Cc1ccc(F)cc1F. The summed E-state index contributed by atoms with van der Waals surface area (Å²) in [7, 11) is 1.64. The van der Waals surface area contributed by atoms with E-state index in [1.807, 2.05) is 30.3 Å². The molecule has 0 spiro atoms. The van der Waals surface area contributed by atoms with E-state index in [4.69, 9.17) is 4.42 Å². The molecule has 0 radical (unpaired) electrons. The summed E-state index contributed by atoms with van der Waals surface area (Å²) in [4.78, 5) is 13.6. The highest BCUT2D eigenvalue weighted by Gasteiger charge is 2.14. The van der Waals surface area contributed by atoms with E-state index < -0.39 is 17.5 Å². The Balaban J connectivity index is 1.56. The van der Waals surface area contributed by atoms with Gasteiger partial charge in [-0.25, -0.2) is 8.78 Å². The molecule has 0 fully saturated rings. The molecule has 3 aromatic rings. The summed E-state index contributed by atoms with van der Waals surface area (Å²) in [5, 5.41) is 10.2. The maximum atomic E-state index is 13.7. The number of carbonyl (C=O) groups is 1. The molecule has 1 heterocycles. The average Bonchev–Trinajstić information content (AvgIpc) is 3.06. The second kappa shape index (κ2) is 7.83.